The molecule has 3 amide bonds. The van der Waals surface area contributed by atoms with Crippen LogP contribution in [0.15, 0.2) is 76.9 Å². The lowest BCUT2D eigenvalue weighted by molar-refractivity contribution is -0.388. The van der Waals surface area contributed by atoms with Crippen molar-refractivity contribution in [3.63, 3.8) is 0 Å². The van der Waals surface area contributed by atoms with Gasteiger partial charge in [0, 0.05) is 55.4 Å². The Hall–Kier alpha value is -5.79. The molecule has 2 aromatic carbocycles. The van der Waals surface area contributed by atoms with Crippen molar-refractivity contribution in [1.82, 2.24) is 14.8 Å². The molecule has 2 saturated heterocycles. The summed E-state index contributed by atoms with van der Waals surface area (Å²) in [6, 6.07) is 8.14. The zero-order valence-corrected chi connectivity index (χ0v) is 34.2. The first-order chi connectivity index (χ1) is 28.4. The highest BCUT2D eigenvalue weighted by atomic mass is 33.1. The van der Waals surface area contributed by atoms with Crippen LogP contribution in [-0.2, 0) is 4.74 Å². The maximum Gasteiger partial charge on any atom is 0.416 e. The van der Waals surface area contributed by atoms with Gasteiger partial charge in [-0.05, 0) is 48.8 Å². The summed E-state index contributed by atoms with van der Waals surface area (Å²) in [4.78, 5) is 65.1. The number of ether oxygens (including phenoxy) is 5. The maximum absolute atomic E-state index is 14.0. The Morgan fingerprint density at radius 2 is 1.64 bits per heavy atom. The minimum absolute atomic E-state index is 0.0629. The van der Waals surface area contributed by atoms with Crippen molar-refractivity contribution in [3.8, 4) is 23.0 Å². The van der Waals surface area contributed by atoms with E-state index in [-0.39, 0.29) is 83.4 Å². The fraction of sp³-hybridized carbons (Fsp3) is 0.375. The Balaban J connectivity index is 1.05. The number of hydrogen-bond donors (Lipinski definition) is 1. The van der Waals surface area contributed by atoms with Crippen molar-refractivity contribution >= 4 is 62.8 Å². The summed E-state index contributed by atoms with van der Waals surface area (Å²) < 4.78 is 29.1. The Bertz CT molecular complexity index is 2240. The Morgan fingerprint density at radius 1 is 0.983 bits per heavy atom. The number of nitrogens with zero attached hydrogens (tertiary/aromatic N) is 6. The number of carbonyl (C=O) groups excluding carboxylic acids is 3. The van der Waals surface area contributed by atoms with Crippen LogP contribution >= 0.6 is 21.6 Å². The summed E-state index contributed by atoms with van der Waals surface area (Å²) in [7, 11) is 5.23. The Labute approximate surface area is 347 Å². The largest absolute Gasteiger partial charge is 0.493 e. The fourth-order valence-corrected chi connectivity index (χ4v) is 9.24. The van der Waals surface area contributed by atoms with E-state index >= 15 is 0 Å². The number of amides is 3. The van der Waals surface area contributed by atoms with Gasteiger partial charge in [0.2, 0.25) is 0 Å². The molecule has 0 bridgehead atoms. The number of aliphatic hydroxyl groups excluding tert-OH is 1. The molecule has 0 radical (unpaired) electrons. The second-order valence-corrected chi connectivity index (χ2v) is 16.8. The van der Waals surface area contributed by atoms with Gasteiger partial charge in [0.15, 0.2) is 34.3 Å². The number of aliphatic imine (C=N–C) groups is 1. The zero-order valence-electron chi connectivity index (χ0n) is 32.5. The third kappa shape index (κ3) is 8.53. The predicted octanol–water partition coefficient (Wildman–Crippen LogP) is 6.22. The lowest BCUT2D eigenvalue weighted by atomic mass is 10.1. The standard InChI is InChI=1S/C40H42N6O11S2/c1-22-12-25-18-42-28-16-34(32(53-4)14-26(28)37(47)43(25)19-22)55-10-7-11-56-35-17-30-27(15-33(35)54-5)38(48)44-20-23(2)13-31(44)39(49)45(30)40(50)57-21-24(3)58-59-36-29(46(51)52)8-6-9-41-36/h6,8-9,14-18,24-25,31,39,49H,1-2,7,10-13,19-21H2,3-5H3. The van der Waals surface area contributed by atoms with Crippen molar-refractivity contribution in [2.24, 2.45) is 4.99 Å². The van der Waals surface area contributed by atoms with Crippen molar-refractivity contribution < 1.29 is 48.1 Å². The molecule has 0 spiro atoms. The number of pyridine rings is 1. The minimum atomic E-state index is -1.50. The number of methoxy groups -OCH3 is 2. The van der Waals surface area contributed by atoms with Crippen molar-refractivity contribution in [2.75, 3.05) is 52.0 Å². The molecular weight excluding hydrogens is 805 g/mol. The van der Waals surface area contributed by atoms with Gasteiger partial charge >= 0.3 is 11.8 Å². The first-order valence-corrected chi connectivity index (χ1v) is 20.9. The highest BCUT2D eigenvalue weighted by Gasteiger charge is 2.46. The van der Waals surface area contributed by atoms with Crippen LogP contribution in [0.25, 0.3) is 0 Å². The van der Waals surface area contributed by atoms with Gasteiger partial charge in [-0.25, -0.2) is 14.7 Å². The van der Waals surface area contributed by atoms with E-state index in [0.29, 0.717) is 42.1 Å². The van der Waals surface area contributed by atoms with Gasteiger partial charge in [-0.2, -0.15) is 0 Å². The predicted molar refractivity (Wildman–Crippen MR) is 221 cm³/mol. The number of nitro groups is 1. The number of fused-ring (bicyclic) bond motifs is 4. The third-order valence-electron chi connectivity index (χ3n) is 10.1. The molecule has 2 fully saturated rings. The third-order valence-corrected chi connectivity index (χ3v) is 12.8. The molecule has 5 heterocycles. The summed E-state index contributed by atoms with van der Waals surface area (Å²) in [5.41, 5.74) is 2.59. The van der Waals surface area contributed by atoms with E-state index in [9.17, 15) is 29.6 Å². The summed E-state index contributed by atoms with van der Waals surface area (Å²) in [5.74, 6) is 0.619. The van der Waals surface area contributed by atoms with Crippen LogP contribution < -0.4 is 23.8 Å². The Morgan fingerprint density at radius 3 is 2.36 bits per heavy atom. The van der Waals surface area contributed by atoms with Crippen LogP contribution in [-0.4, -0.2) is 120 Å². The van der Waals surface area contributed by atoms with Crippen LogP contribution in [0.5, 0.6) is 23.0 Å². The smallest absolute Gasteiger partial charge is 0.416 e. The van der Waals surface area contributed by atoms with Crippen molar-refractivity contribution in [1.29, 1.82) is 0 Å². The van der Waals surface area contributed by atoms with Gasteiger partial charge in [-0.1, -0.05) is 35.1 Å². The van der Waals surface area contributed by atoms with E-state index in [0.717, 1.165) is 26.8 Å². The number of benzene rings is 2. The minimum Gasteiger partial charge on any atom is -0.493 e. The topological polar surface area (TPSA) is 196 Å². The van der Waals surface area contributed by atoms with Crippen molar-refractivity contribution in [2.45, 2.75) is 54.8 Å². The molecule has 7 rings (SSSR count). The van der Waals surface area contributed by atoms with Crippen molar-refractivity contribution in [3.05, 3.63) is 88.1 Å². The quantitative estimate of drug-likeness (QED) is 0.0632. The molecule has 4 aliphatic heterocycles. The molecule has 0 saturated carbocycles. The van der Waals surface area contributed by atoms with Gasteiger partial charge in [-0.15, -0.1) is 0 Å². The number of rotatable bonds is 14. The summed E-state index contributed by atoms with van der Waals surface area (Å²) >= 11 is 0. The molecule has 0 aliphatic carbocycles. The molecule has 59 heavy (non-hydrogen) atoms. The average Bonchev–Trinajstić information content (AvgIpc) is 3.77. The van der Waals surface area contributed by atoms with Gasteiger partial charge in [0.1, 0.15) is 6.61 Å². The molecule has 19 heteroatoms. The maximum atomic E-state index is 14.0. The molecule has 4 unspecified atom stereocenters. The number of aliphatic hydroxyl groups is 1. The molecule has 4 aliphatic rings. The fourth-order valence-electron chi connectivity index (χ4n) is 7.21. The normalized spacial score (nSPS) is 19.9. The summed E-state index contributed by atoms with van der Waals surface area (Å²) in [6.07, 6.45) is 2.11. The van der Waals surface area contributed by atoms with Crippen LogP contribution in [0.1, 0.15) is 46.9 Å². The van der Waals surface area contributed by atoms with E-state index in [1.165, 1.54) is 60.4 Å². The van der Waals surface area contributed by atoms with E-state index in [1.807, 2.05) is 0 Å². The van der Waals surface area contributed by atoms with Crippen LogP contribution in [0.4, 0.5) is 21.9 Å². The molecular formula is C40H42N6O11S2. The zero-order chi connectivity index (χ0) is 42.0. The van der Waals surface area contributed by atoms with E-state index in [1.54, 1.807) is 30.2 Å². The first-order valence-electron chi connectivity index (χ1n) is 18.6. The van der Waals surface area contributed by atoms with E-state index in [4.69, 9.17) is 23.7 Å². The number of carbonyl (C=O) groups is 3. The van der Waals surface area contributed by atoms with Crippen LogP contribution in [0.2, 0.25) is 0 Å². The highest BCUT2D eigenvalue weighted by Crippen LogP contribution is 2.43. The monoisotopic (exact) mass is 846 g/mol. The van der Waals surface area contributed by atoms with Crippen LogP contribution in [0.3, 0.4) is 0 Å². The SMILES string of the molecule is C=C1CC2C=Nc3cc(OCCCOc4cc5c(cc4OC)C(=O)N4CC(=C)CC4C(O)N5C(=O)OCC(C)SSc4ncccc4[N+](=O)[O-])c(OC)cc3C(=O)N2C1. The lowest BCUT2D eigenvalue weighted by Gasteiger charge is -2.31. The average molecular weight is 847 g/mol. The van der Waals surface area contributed by atoms with Crippen LogP contribution in [0, 0.1) is 10.1 Å². The molecule has 1 N–H and O–H groups in total. The summed E-state index contributed by atoms with van der Waals surface area (Å²) in [5, 5.41) is 23.0. The van der Waals surface area contributed by atoms with Gasteiger partial charge in [0.25, 0.3) is 11.8 Å². The molecule has 4 atom stereocenters. The first kappa shape index (κ1) is 41.4. The number of aromatic nitrogens is 1. The van der Waals surface area contributed by atoms with Gasteiger partial charge < -0.3 is 38.6 Å². The molecule has 310 valence electrons. The number of hydrogen-bond acceptors (Lipinski definition) is 15. The van der Waals surface area contributed by atoms with E-state index in [2.05, 4.69) is 23.1 Å². The van der Waals surface area contributed by atoms with Gasteiger partial charge in [-0.3, -0.25) is 24.7 Å². The number of anilines is 1. The molecule has 3 aromatic rings. The molecule has 17 nitrogen and oxygen atoms in total. The summed E-state index contributed by atoms with van der Waals surface area (Å²) in [6.45, 7) is 10.7. The molecule has 1 aromatic heterocycles. The second kappa shape index (κ2) is 17.6. The second-order valence-electron chi connectivity index (χ2n) is 14.2. The highest BCUT2D eigenvalue weighted by molar-refractivity contribution is 8.77. The lowest BCUT2D eigenvalue weighted by Crippen LogP contribution is -2.51. The Kier molecular flexibility index (Phi) is 12.3. The van der Waals surface area contributed by atoms with E-state index < -0.39 is 29.2 Å². The van der Waals surface area contributed by atoms with Gasteiger partial charge in [0.05, 0.1) is 66.9 Å².